The molecule has 0 radical (unpaired) electrons. The van der Waals surface area contributed by atoms with Crippen molar-refractivity contribution in [1.82, 2.24) is 19.6 Å². The van der Waals surface area contributed by atoms with Crippen LogP contribution in [-0.4, -0.2) is 62.9 Å². The number of carboxylic acid groups (broad SMARTS) is 1. The fraction of sp³-hybridized carbons (Fsp3) is 0.600. The van der Waals surface area contributed by atoms with Crippen molar-refractivity contribution in [1.29, 1.82) is 0 Å². The smallest absolute Gasteiger partial charge is 0.325 e. The Bertz CT molecular complexity index is 734. The van der Waals surface area contributed by atoms with E-state index in [0.717, 1.165) is 50.6 Å². The predicted octanol–water partition coefficient (Wildman–Crippen LogP) is 2.40. The van der Waals surface area contributed by atoms with Gasteiger partial charge in [-0.25, -0.2) is 0 Å². The lowest BCUT2D eigenvalue weighted by Crippen LogP contribution is -2.47. The fourth-order valence-electron chi connectivity index (χ4n) is 4.47. The number of aromatic nitrogens is 2. The van der Waals surface area contributed by atoms with Crippen LogP contribution in [0.4, 0.5) is 0 Å². The first kappa shape index (κ1) is 18.3. The van der Waals surface area contributed by atoms with E-state index in [4.69, 9.17) is 9.52 Å². The molecule has 0 spiro atoms. The zero-order valence-corrected chi connectivity index (χ0v) is 15.7. The van der Waals surface area contributed by atoms with Gasteiger partial charge in [-0.2, -0.15) is 5.10 Å². The van der Waals surface area contributed by atoms with Gasteiger partial charge in [-0.15, -0.1) is 0 Å². The second-order valence-electron chi connectivity index (χ2n) is 7.75. The molecule has 2 fully saturated rings. The Labute approximate surface area is 159 Å². The van der Waals surface area contributed by atoms with Gasteiger partial charge in [0.1, 0.15) is 12.3 Å². The number of furan rings is 1. The second kappa shape index (κ2) is 8.27. The molecule has 0 saturated carbocycles. The zero-order chi connectivity index (χ0) is 18.6. The van der Waals surface area contributed by atoms with Gasteiger partial charge in [0.15, 0.2) is 0 Å². The Morgan fingerprint density at radius 1 is 1.22 bits per heavy atom. The minimum atomic E-state index is -0.851. The molecule has 0 bridgehead atoms. The monoisotopic (exact) mass is 372 g/mol. The van der Waals surface area contributed by atoms with Crippen molar-refractivity contribution in [3.8, 4) is 0 Å². The van der Waals surface area contributed by atoms with E-state index in [1.807, 2.05) is 18.2 Å². The van der Waals surface area contributed by atoms with E-state index < -0.39 is 5.97 Å². The summed E-state index contributed by atoms with van der Waals surface area (Å²) in [5, 5.41) is 13.4. The van der Waals surface area contributed by atoms with Crippen molar-refractivity contribution in [3.05, 3.63) is 42.1 Å². The van der Waals surface area contributed by atoms with Crippen LogP contribution < -0.4 is 0 Å². The number of carboxylic acids is 1. The summed E-state index contributed by atoms with van der Waals surface area (Å²) in [6, 6.07) is 6.63. The van der Waals surface area contributed by atoms with Gasteiger partial charge in [0, 0.05) is 37.8 Å². The third-order valence-electron chi connectivity index (χ3n) is 5.86. The number of aliphatic carboxylic acids is 1. The summed E-state index contributed by atoms with van der Waals surface area (Å²) in [7, 11) is 0. The molecule has 2 aromatic heterocycles. The van der Waals surface area contributed by atoms with Crippen LogP contribution in [0.25, 0.3) is 0 Å². The summed E-state index contributed by atoms with van der Waals surface area (Å²) in [4.78, 5) is 16.0. The van der Waals surface area contributed by atoms with Crippen LogP contribution in [0.3, 0.4) is 0 Å². The molecule has 7 heteroatoms. The number of hydrogen-bond acceptors (Lipinski definition) is 5. The first-order valence-corrected chi connectivity index (χ1v) is 9.91. The average molecular weight is 372 g/mol. The summed E-state index contributed by atoms with van der Waals surface area (Å²) in [6.45, 7) is 5.26. The van der Waals surface area contributed by atoms with Crippen LogP contribution in [0.1, 0.15) is 43.1 Å². The van der Waals surface area contributed by atoms with Crippen molar-refractivity contribution < 1.29 is 14.3 Å². The molecule has 2 aliphatic heterocycles. The van der Waals surface area contributed by atoms with E-state index in [1.54, 1.807) is 12.5 Å². The van der Waals surface area contributed by atoms with Gasteiger partial charge in [0.25, 0.3) is 0 Å². The van der Waals surface area contributed by atoms with Gasteiger partial charge in [0.2, 0.25) is 0 Å². The molecule has 4 rings (SSSR count). The summed E-state index contributed by atoms with van der Waals surface area (Å²) in [5.74, 6) is 0.606. The van der Waals surface area contributed by atoms with Gasteiger partial charge in [-0.3, -0.25) is 19.3 Å². The largest absolute Gasteiger partial charge is 0.480 e. The van der Waals surface area contributed by atoms with E-state index >= 15 is 0 Å². The quantitative estimate of drug-likeness (QED) is 0.839. The Morgan fingerprint density at radius 2 is 2.07 bits per heavy atom. The van der Waals surface area contributed by atoms with E-state index in [2.05, 4.69) is 14.9 Å². The fourth-order valence-corrected chi connectivity index (χ4v) is 4.47. The van der Waals surface area contributed by atoms with Gasteiger partial charge >= 0.3 is 5.97 Å². The van der Waals surface area contributed by atoms with E-state index in [9.17, 15) is 4.79 Å². The summed E-state index contributed by atoms with van der Waals surface area (Å²) >= 11 is 0. The van der Waals surface area contributed by atoms with Crippen molar-refractivity contribution >= 4 is 5.97 Å². The minimum Gasteiger partial charge on any atom is -0.480 e. The third kappa shape index (κ3) is 4.59. The number of hydrogen-bond donors (Lipinski definition) is 1. The normalized spacial score (nSPS) is 22.9. The average Bonchev–Trinajstić information content (AvgIpc) is 3.34. The molecule has 4 heterocycles. The first-order valence-electron chi connectivity index (χ1n) is 9.91. The molecule has 1 atom stereocenters. The van der Waals surface area contributed by atoms with Crippen LogP contribution >= 0.6 is 0 Å². The van der Waals surface area contributed by atoms with Crippen LogP contribution in [0.5, 0.6) is 0 Å². The standard InChI is InChI=1S/C20H28N4O3/c25-20(26)15-24-11-7-19(21-24)16-3-1-8-23(13-16)17-5-9-22(10-6-17)14-18-4-2-12-27-18/h2,4,7,11-12,16-17H,1,3,5-6,8-10,13-15H2,(H,25,26). The number of piperidine rings is 2. The van der Waals surface area contributed by atoms with Crippen molar-refractivity contribution in [2.24, 2.45) is 0 Å². The maximum atomic E-state index is 10.9. The molecule has 7 nitrogen and oxygen atoms in total. The highest BCUT2D eigenvalue weighted by atomic mass is 16.4. The molecule has 2 aliphatic rings. The molecule has 27 heavy (non-hydrogen) atoms. The van der Waals surface area contributed by atoms with E-state index in [-0.39, 0.29) is 6.54 Å². The zero-order valence-electron chi connectivity index (χ0n) is 15.7. The maximum absolute atomic E-state index is 10.9. The Morgan fingerprint density at radius 3 is 2.81 bits per heavy atom. The summed E-state index contributed by atoms with van der Waals surface area (Å²) < 4.78 is 7.00. The predicted molar refractivity (Wildman–Crippen MR) is 100 cm³/mol. The van der Waals surface area contributed by atoms with Gasteiger partial charge in [-0.05, 0) is 50.4 Å². The number of likely N-dealkylation sites (tertiary alicyclic amines) is 2. The SMILES string of the molecule is O=C(O)Cn1ccc(C2CCCN(C3CCN(Cc4ccco4)CC3)C2)n1. The first-order chi connectivity index (χ1) is 13.2. The number of carbonyl (C=O) groups is 1. The van der Waals surface area contributed by atoms with Crippen molar-refractivity contribution in [3.63, 3.8) is 0 Å². The molecule has 146 valence electrons. The molecular formula is C20H28N4O3. The summed E-state index contributed by atoms with van der Waals surface area (Å²) in [6.07, 6.45) is 8.24. The number of nitrogens with zero attached hydrogens (tertiary/aromatic N) is 4. The lowest BCUT2D eigenvalue weighted by molar-refractivity contribution is -0.137. The number of rotatable bonds is 6. The summed E-state index contributed by atoms with van der Waals surface area (Å²) in [5.41, 5.74) is 1.04. The lowest BCUT2D eigenvalue weighted by atomic mass is 9.92. The van der Waals surface area contributed by atoms with Crippen LogP contribution in [0.15, 0.2) is 35.1 Å². The Kier molecular flexibility index (Phi) is 5.59. The van der Waals surface area contributed by atoms with Crippen molar-refractivity contribution in [2.45, 2.75) is 50.7 Å². The second-order valence-corrected chi connectivity index (χ2v) is 7.75. The Hall–Kier alpha value is -2.12. The van der Waals surface area contributed by atoms with Gasteiger partial charge in [-0.1, -0.05) is 0 Å². The van der Waals surface area contributed by atoms with Gasteiger partial charge in [0.05, 0.1) is 18.5 Å². The molecule has 0 aliphatic carbocycles. The Balaban J connectivity index is 1.29. The molecule has 2 aromatic rings. The lowest BCUT2D eigenvalue weighted by Gasteiger charge is -2.42. The molecule has 0 aromatic carbocycles. The highest BCUT2D eigenvalue weighted by Gasteiger charge is 2.30. The van der Waals surface area contributed by atoms with E-state index in [0.29, 0.717) is 12.0 Å². The maximum Gasteiger partial charge on any atom is 0.325 e. The highest BCUT2D eigenvalue weighted by Crippen LogP contribution is 2.29. The third-order valence-corrected chi connectivity index (χ3v) is 5.86. The molecule has 0 amide bonds. The molecule has 2 saturated heterocycles. The topological polar surface area (TPSA) is 74.7 Å². The molecule has 1 unspecified atom stereocenters. The highest BCUT2D eigenvalue weighted by molar-refractivity contribution is 5.66. The minimum absolute atomic E-state index is 0.0649. The van der Waals surface area contributed by atoms with Crippen molar-refractivity contribution in [2.75, 3.05) is 26.2 Å². The van der Waals surface area contributed by atoms with E-state index in [1.165, 1.54) is 23.9 Å². The molecular weight excluding hydrogens is 344 g/mol. The van der Waals surface area contributed by atoms with Crippen LogP contribution in [-0.2, 0) is 17.9 Å². The van der Waals surface area contributed by atoms with Gasteiger partial charge < -0.3 is 9.52 Å². The molecule has 1 N–H and O–H groups in total. The van der Waals surface area contributed by atoms with Crippen LogP contribution in [0.2, 0.25) is 0 Å². The van der Waals surface area contributed by atoms with Crippen LogP contribution in [0, 0.1) is 0 Å².